The topological polar surface area (TPSA) is 61.4 Å². The van der Waals surface area contributed by atoms with Gasteiger partial charge in [0.05, 0.1) is 0 Å². The van der Waals surface area contributed by atoms with E-state index in [4.69, 9.17) is 0 Å². The van der Waals surface area contributed by atoms with Gasteiger partial charge in [-0.15, -0.1) is 0 Å². The minimum atomic E-state index is -0.483. The molecule has 0 unspecified atom stereocenters. The molecular weight excluding hydrogens is 326 g/mol. The minimum Gasteiger partial charge on any atom is -0.336 e. The molecule has 0 saturated heterocycles. The van der Waals surface area contributed by atoms with Gasteiger partial charge in [-0.2, -0.15) is 0 Å². The van der Waals surface area contributed by atoms with Crippen molar-refractivity contribution in [2.75, 3.05) is 6.54 Å². The minimum absolute atomic E-state index is 0.0216. The zero-order valence-electron chi connectivity index (χ0n) is 16.0. The van der Waals surface area contributed by atoms with E-state index < -0.39 is 6.04 Å². The van der Waals surface area contributed by atoms with Crippen LogP contribution in [0.3, 0.4) is 0 Å². The first-order valence-corrected chi connectivity index (χ1v) is 9.97. The third-order valence-corrected chi connectivity index (χ3v) is 5.60. The average molecular weight is 357 g/mol. The van der Waals surface area contributed by atoms with E-state index in [1.165, 1.54) is 30.4 Å². The van der Waals surface area contributed by atoms with Crippen LogP contribution in [0.5, 0.6) is 0 Å². The molecule has 5 nitrogen and oxygen atoms in total. The number of hydrogen-bond acceptors (Lipinski definition) is 2. The Bertz CT molecular complexity index is 638. The summed E-state index contributed by atoms with van der Waals surface area (Å²) in [4.78, 5) is 27.4. The zero-order chi connectivity index (χ0) is 18.5. The summed E-state index contributed by atoms with van der Waals surface area (Å²) in [5.41, 5.74) is 2.53. The Morgan fingerprint density at radius 2 is 1.77 bits per heavy atom. The van der Waals surface area contributed by atoms with Crippen molar-refractivity contribution in [3.8, 4) is 0 Å². The van der Waals surface area contributed by atoms with Gasteiger partial charge >= 0.3 is 6.03 Å². The van der Waals surface area contributed by atoms with Gasteiger partial charge in [-0.3, -0.25) is 4.79 Å². The predicted molar refractivity (Wildman–Crippen MR) is 103 cm³/mol. The van der Waals surface area contributed by atoms with Crippen molar-refractivity contribution < 1.29 is 9.59 Å². The lowest BCUT2D eigenvalue weighted by atomic mass is 9.95. The van der Waals surface area contributed by atoms with Crippen LogP contribution in [0.15, 0.2) is 24.3 Å². The lowest BCUT2D eigenvalue weighted by Gasteiger charge is -2.34. The van der Waals surface area contributed by atoms with Crippen LogP contribution in [-0.4, -0.2) is 35.5 Å². The van der Waals surface area contributed by atoms with Gasteiger partial charge in [0.2, 0.25) is 5.91 Å². The van der Waals surface area contributed by atoms with Gasteiger partial charge in [-0.25, -0.2) is 4.79 Å². The van der Waals surface area contributed by atoms with E-state index >= 15 is 0 Å². The second kappa shape index (κ2) is 8.56. The highest BCUT2D eigenvalue weighted by molar-refractivity contribution is 5.87. The molecule has 3 rings (SSSR count). The molecule has 1 saturated carbocycles. The monoisotopic (exact) mass is 357 g/mol. The molecule has 1 aliphatic carbocycles. The number of nitrogens with one attached hydrogen (secondary N) is 2. The Labute approximate surface area is 156 Å². The van der Waals surface area contributed by atoms with Crippen LogP contribution in [0.25, 0.3) is 0 Å². The summed E-state index contributed by atoms with van der Waals surface area (Å²) in [7, 11) is 0. The summed E-state index contributed by atoms with van der Waals surface area (Å²) < 4.78 is 0. The molecule has 1 aromatic rings. The van der Waals surface area contributed by atoms with E-state index in [0.717, 1.165) is 19.3 Å². The molecule has 142 valence electrons. The van der Waals surface area contributed by atoms with Crippen molar-refractivity contribution >= 4 is 11.9 Å². The molecule has 1 atom stereocenters. The van der Waals surface area contributed by atoms with E-state index in [-0.39, 0.29) is 23.9 Å². The van der Waals surface area contributed by atoms with Crippen LogP contribution in [0.4, 0.5) is 4.79 Å². The SMILES string of the molecule is CC(C)[C@H](NC(=O)NC1CCCCC1)C(=O)N1CCc2ccccc2C1. The number of hydrogen-bond donors (Lipinski definition) is 2. The van der Waals surface area contributed by atoms with Crippen LogP contribution in [0, 0.1) is 5.92 Å². The first-order chi connectivity index (χ1) is 12.5. The maximum atomic E-state index is 13.1. The number of fused-ring (bicyclic) bond motifs is 1. The summed E-state index contributed by atoms with van der Waals surface area (Å²) >= 11 is 0. The quantitative estimate of drug-likeness (QED) is 0.869. The molecule has 1 aliphatic heterocycles. The van der Waals surface area contributed by atoms with Crippen LogP contribution in [-0.2, 0) is 17.8 Å². The molecule has 2 N–H and O–H groups in total. The van der Waals surface area contributed by atoms with Gasteiger partial charge in [-0.05, 0) is 36.3 Å². The Morgan fingerprint density at radius 3 is 2.46 bits per heavy atom. The van der Waals surface area contributed by atoms with Crippen molar-refractivity contribution in [2.45, 2.75) is 71.0 Å². The summed E-state index contributed by atoms with van der Waals surface area (Å²) in [5, 5.41) is 6.00. The van der Waals surface area contributed by atoms with Gasteiger partial charge in [0.1, 0.15) is 6.04 Å². The molecule has 26 heavy (non-hydrogen) atoms. The Morgan fingerprint density at radius 1 is 1.08 bits per heavy atom. The molecule has 1 aromatic carbocycles. The van der Waals surface area contributed by atoms with E-state index in [1.54, 1.807) is 0 Å². The Balaban J connectivity index is 1.60. The summed E-state index contributed by atoms with van der Waals surface area (Å²) in [6.07, 6.45) is 6.55. The van der Waals surface area contributed by atoms with Crippen molar-refractivity contribution in [2.24, 2.45) is 5.92 Å². The van der Waals surface area contributed by atoms with Gasteiger partial charge in [-0.1, -0.05) is 57.4 Å². The van der Waals surface area contributed by atoms with Gasteiger partial charge in [0.15, 0.2) is 0 Å². The highest BCUT2D eigenvalue weighted by atomic mass is 16.2. The van der Waals surface area contributed by atoms with E-state index in [2.05, 4.69) is 22.8 Å². The van der Waals surface area contributed by atoms with Crippen LogP contribution < -0.4 is 10.6 Å². The molecule has 0 bridgehead atoms. The van der Waals surface area contributed by atoms with Crippen molar-refractivity contribution in [3.05, 3.63) is 35.4 Å². The molecule has 5 heteroatoms. The largest absolute Gasteiger partial charge is 0.336 e. The number of rotatable bonds is 4. The molecule has 3 amide bonds. The molecule has 0 radical (unpaired) electrons. The van der Waals surface area contributed by atoms with E-state index in [9.17, 15) is 9.59 Å². The number of benzene rings is 1. The number of nitrogens with zero attached hydrogens (tertiary/aromatic N) is 1. The lowest BCUT2D eigenvalue weighted by Crippen LogP contribution is -2.55. The van der Waals surface area contributed by atoms with Gasteiger partial charge in [0, 0.05) is 19.1 Å². The molecule has 0 aromatic heterocycles. The molecule has 1 heterocycles. The van der Waals surface area contributed by atoms with Crippen LogP contribution >= 0.6 is 0 Å². The number of carbonyl (C=O) groups is 2. The number of urea groups is 1. The standard InChI is InChI=1S/C21H31N3O2/c1-15(2)19(23-21(26)22-18-10-4-3-5-11-18)20(25)24-13-12-16-8-6-7-9-17(16)14-24/h6-9,15,18-19H,3-5,10-14H2,1-2H3,(H2,22,23,26)/t19-/m0/s1. The van der Waals surface area contributed by atoms with Crippen molar-refractivity contribution in [1.82, 2.24) is 15.5 Å². The molecule has 0 spiro atoms. The zero-order valence-corrected chi connectivity index (χ0v) is 16.0. The first-order valence-electron chi connectivity index (χ1n) is 9.97. The Kier molecular flexibility index (Phi) is 6.17. The van der Waals surface area contributed by atoms with Gasteiger partial charge < -0.3 is 15.5 Å². The number of amides is 3. The van der Waals surface area contributed by atoms with Crippen molar-refractivity contribution in [1.29, 1.82) is 0 Å². The number of carbonyl (C=O) groups excluding carboxylic acids is 2. The Hall–Kier alpha value is -2.04. The second-order valence-electron chi connectivity index (χ2n) is 7.95. The van der Waals surface area contributed by atoms with Crippen LogP contribution in [0.1, 0.15) is 57.1 Å². The third-order valence-electron chi connectivity index (χ3n) is 5.60. The summed E-state index contributed by atoms with van der Waals surface area (Å²) in [5.74, 6) is 0.0741. The predicted octanol–water partition coefficient (Wildman–Crippen LogP) is 3.23. The van der Waals surface area contributed by atoms with Crippen LogP contribution in [0.2, 0.25) is 0 Å². The molecule has 1 fully saturated rings. The maximum Gasteiger partial charge on any atom is 0.315 e. The second-order valence-corrected chi connectivity index (χ2v) is 7.95. The third kappa shape index (κ3) is 4.57. The average Bonchev–Trinajstić information content (AvgIpc) is 2.65. The maximum absolute atomic E-state index is 13.1. The summed E-state index contributed by atoms with van der Waals surface area (Å²) in [6.45, 7) is 5.32. The highest BCUT2D eigenvalue weighted by Gasteiger charge is 2.31. The normalized spacial score (nSPS) is 19.0. The fraction of sp³-hybridized carbons (Fsp3) is 0.619. The summed E-state index contributed by atoms with van der Waals surface area (Å²) in [6, 6.07) is 7.83. The lowest BCUT2D eigenvalue weighted by molar-refractivity contribution is -0.135. The van der Waals surface area contributed by atoms with E-state index in [1.807, 2.05) is 30.9 Å². The van der Waals surface area contributed by atoms with Crippen molar-refractivity contribution in [3.63, 3.8) is 0 Å². The van der Waals surface area contributed by atoms with E-state index in [0.29, 0.717) is 13.1 Å². The first kappa shape index (κ1) is 18.7. The fourth-order valence-electron chi connectivity index (χ4n) is 4.01. The molecular formula is C21H31N3O2. The molecule has 2 aliphatic rings. The highest BCUT2D eigenvalue weighted by Crippen LogP contribution is 2.20. The van der Waals surface area contributed by atoms with Gasteiger partial charge in [0.25, 0.3) is 0 Å². The fourth-order valence-corrected chi connectivity index (χ4v) is 4.01. The smallest absolute Gasteiger partial charge is 0.315 e.